The first-order valence-electron chi connectivity index (χ1n) is 9.11. The van der Waals surface area contributed by atoms with Gasteiger partial charge in [-0.1, -0.05) is 19.1 Å². The first-order valence-corrected chi connectivity index (χ1v) is 9.99. The lowest BCUT2D eigenvalue weighted by Gasteiger charge is -2.25. The molecule has 0 unspecified atom stereocenters. The average molecular weight is 396 g/mol. The standard InChI is InChI=1S/C21H20N2O4S/c1-2-11-25-15-9-7-14(8-10-15)20(24)23-21-22-16(13-28-21)19-12-26-17-5-3-4-6-18(17)27-19/h3-10,13,19H,2,11-12H2,1H3,(H,22,23,24)/t19-/m1/s1. The van der Waals surface area contributed by atoms with Gasteiger partial charge in [0.05, 0.1) is 12.3 Å². The first kappa shape index (κ1) is 18.3. The summed E-state index contributed by atoms with van der Waals surface area (Å²) < 4.78 is 17.2. The summed E-state index contributed by atoms with van der Waals surface area (Å²) >= 11 is 1.36. The van der Waals surface area contributed by atoms with Gasteiger partial charge in [-0.3, -0.25) is 10.1 Å². The molecule has 0 radical (unpaired) electrons. The zero-order chi connectivity index (χ0) is 19.3. The predicted octanol–water partition coefficient (Wildman–Crippen LogP) is 4.70. The molecule has 0 saturated carbocycles. The van der Waals surface area contributed by atoms with Crippen LogP contribution < -0.4 is 19.5 Å². The molecule has 1 atom stereocenters. The molecule has 6 nitrogen and oxygen atoms in total. The van der Waals surface area contributed by atoms with Gasteiger partial charge in [-0.2, -0.15) is 0 Å². The van der Waals surface area contributed by atoms with Crippen molar-refractivity contribution < 1.29 is 19.0 Å². The average Bonchev–Trinajstić information content (AvgIpc) is 3.20. The number of hydrogen-bond acceptors (Lipinski definition) is 6. The van der Waals surface area contributed by atoms with Crippen LogP contribution in [-0.2, 0) is 0 Å². The quantitative estimate of drug-likeness (QED) is 0.654. The van der Waals surface area contributed by atoms with Crippen molar-refractivity contribution in [2.24, 2.45) is 0 Å². The molecule has 1 amide bonds. The number of aromatic nitrogens is 1. The number of hydrogen-bond donors (Lipinski definition) is 1. The van der Waals surface area contributed by atoms with Crippen molar-refractivity contribution in [1.29, 1.82) is 0 Å². The molecule has 0 aliphatic carbocycles. The summed E-state index contributed by atoms with van der Waals surface area (Å²) in [6.07, 6.45) is 0.641. The molecule has 0 fully saturated rings. The normalized spacial score (nSPS) is 15.1. The fraction of sp³-hybridized carbons (Fsp3) is 0.238. The molecule has 2 heterocycles. The third-order valence-corrected chi connectivity index (χ3v) is 4.95. The minimum Gasteiger partial charge on any atom is -0.494 e. The van der Waals surface area contributed by atoms with Crippen LogP contribution in [-0.4, -0.2) is 24.1 Å². The van der Waals surface area contributed by atoms with Crippen molar-refractivity contribution in [1.82, 2.24) is 4.98 Å². The number of carbonyl (C=O) groups is 1. The number of benzene rings is 2. The third-order valence-electron chi connectivity index (χ3n) is 4.17. The van der Waals surface area contributed by atoms with Gasteiger partial charge >= 0.3 is 0 Å². The highest BCUT2D eigenvalue weighted by Crippen LogP contribution is 2.36. The van der Waals surface area contributed by atoms with E-state index in [1.165, 1.54) is 11.3 Å². The number of fused-ring (bicyclic) bond motifs is 1. The molecule has 0 bridgehead atoms. The molecule has 0 saturated heterocycles. The molecule has 4 rings (SSSR count). The Morgan fingerprint density at radius 3 is 2.79 bits per heavy atom. The molecule has 1 aliphatic heterocycles. The van der Waals surface area contributed by atoms with Crippen LogP contribution in [0.3, 0.4) is 0 Å². The van der Waals surface area contributed by atoms with Crippen LogP contribution in [0.5, 0.6) is 17.2 Å². The zero-order valence-electron chi connectivity index (χ0n) is 15.4. The fourth-order valence-electron chi connectivity index (χ4n) is 2.75. The van der Waals surface area contributed by atoms with Crippen LogP contribution in [0.25, 0.3) is 0 Å². The summed E-state index contributed by atoms with van der Waals surface area (Å²) in [5.41, 5.74) is 1.28. The van der Waals surface area contributed by atoms with Gasteiger partial charge in [0.2, 0.25) is 0 Å². The summed E-state index contributed by atoms with van der Waals surface area (Å²) in [5, 5.41) is 5.23. The van der Waals surface area contributed by atoms with E-state index in [1.807, 2.05) is 36.6 Å². The van der Waals surface area contributed by atoms with Crippen molar-refractivity contribution in [3.05, 3.63) is 65.2 Å². The van der Waals surface area contributed by atoms with Gasteiger partial charge < -0.3 is 14.2 Å². The maximum atomic E-state index is 12.4. The molecule has 1 aliphatic rings. The number of anilines is 1. The van der Waals surface area contributed by atoms with Gasteiger partial charge in [0.25, 0.3) is 5.91 Å². The van der Waals surface area contributed by atoms with Crippen molar-refractivity contribution >= 4 is 22.4 Å². The van der Waals surface area contributed by atoms with E-state index in [-0.39, 0.29) is 12.0 Å². The molecule has 28 heavy (non-hydrogen) atoms. The molecule has 144 valence electrons. The summed E-state index contributed by atoms with van der Waals surface area (Å²) in [6.45, 7) is 3.09. The number of rotatable bonds is 6. The molecule has 1 aromatic heterocycles. The fourth-order valence-corrected chi connectivity index (χ4v) is 3.50. The highest BCUT2D eigenvalue weighted by Gasteiger charge is 2.24. The summed E-state index contributed by atoms with van der Waals surface area (Å²) in [5.74, 6) is 1.97. The summed E-state index contributed by atoms with van der Waals surface area (Å²) in [4.78, 5) is 16.9. The number of amides is 1. The molecule has 1 N–H and O–H groups in total. The first-order chi connectivity index (χ1) is 13.7. The smallest absolute Gasteiger partial charge is 0.257 e. The van der Waals surface area contributed by atoms with Gasteiger partial charge in [0.15, 0.2) is 22.7 Å². The van der Waals surface area contributed by atoms with E-state index >= 15 is 0 Å². The van der Waals surface area contributed by atoms with E-state index < -0.39 is 0 Å². The van der Waals surface area contributed by atoms with Gasteiger partial charge in [-0.15, -0.1) is 11.3 Å². The van der Waals surface area contributed by atoms with Crippen molar-refractivity contribution in [3.63, 3.8) is 0 Å². The van der Waals surface area contributed by atoms with Crippen LogP contribution in [0, 0.1) is 0 Å². The lowest BCUT2D eigenvalue weighted by Crippen LogP contribution is -2.22. The Balaban J connectivity index is 1.39. The Labute approximate surface area is 167 Å². The zero-order valence-corrected chi connectivity index (χ0v) is 16.2. The second-order valence-corrected chi connectivity index (χ2v) is 7.13. The van der Waals surface area contributed by atoms with E-state index in [0.717, 1.165) is 23.6 Å². The number of nitrogens with zero attached hydrogens (tertiary/aromatic N) is 1. The molecular formula is C21H20N2O4S. The minimum absolute atomic E-state index is 0.214. The van der Waals surface area contributed by atoms with Crippen molar-refractivity contribution in [2.45, 2.75) is 19.4 Å². The van der Waals surface area contributed by atoms with Crippen LogP contribution >= 0.6 is 11.3 Å². The second-order valence-electron chi connectivity index (χ2n) is 6.27. The van der Waals surface area contributed by atoms with Crippen LogP contribution in [0.4, 0.5) is 5.13 Å². The Morgan fingerprint density at radius 1 is 1.21 bits per heavy atom. The SMILES string of the molecule is CCCOc1ccc(C(=O)Nc2nc([C@H]3COc4ccccc4O3)cs2)cc1. The largest absolute Gasteiger partial charge is 0.494 e. The Hall–Kier alpha value is -3.06. The van der Waals surface area contributed by atoms with E-state index in [4.69, 9.17) is 14.2 Å². The maximum absolute atomic E-state index is 12.4. The summed E-state index contributed by atoms with van der Waals surface area (Å²) in [7, 11) is 0. The van der Waals surface area contributed by atoms with E-state index in [1.54, 1.807) is 24.3 Å². The second kappa shape index (κ2) is 8.31. The van der Waals surface area contributed by atoms with Crippen LogP contribution in [0.1, 0.15) is 35.5 Å². The van der Waals surface area contributed by atoms with E-state index in [0.29, 0.717) is 29.7 Å². The molecule has 0 spiro atoms. The van der Waals surface area contributed by atoms with Crippen LogP contribution in [0.15, 0.2) is 53.9 Å². The number of nitrogens with one attached hydrogen (secondary N) is 1. The van der Waals surface area contributed by atoms with Gasteiger partial charge in [-0.25, -0.2) is 4.98 Å². The number of para-hydroxylation sites is 2. The molecular weight excluding hydrogens is 376 g/mol. The number of carbonyl (C=O) groups excluding carboxylic acids is 1. The lowest BCUT2D eigenvalue weighted by molar-refractivity contribution is 0.0888. The number of thiazole rings is 1. The monoisotopic (exact) mass is 396 g/mol. The molecule has 3 aromatic rings. The molecule has 2 aromatic carbocycles. The lowest BCUT2D eigenvalue weighted by atomic mass is 10.2. The van der Waals surface area contributed by atoms with Gasteiger partial charge in [0, 0.05) is 10.9 Å². The highest BCUT2D eigenvalue weighted by atomic mass is 32.1. The summed E-state index contributed by atoms with van der Waals surface area (Å²) in [6, 6.07) is 14.6. The van der Waals surface area contributed by atoms with Crippen molar-refractivity contribution in [2.75, 3.05) is 18.5 Å². The molecule has 7 heteroatoms. The Kier molecular flexibility index (Phi) is 5.43. The number of ether oxygens (including phenoxy) is 3. The topological polar surface area (TPSA) is 69.7 Å². The van der Waals surface area contributed by atoms with Crippen molar-refractivity contribution in [3.8, 4) is 17.2 Å². The van der Waals surface area contributed by atoms with E-state index in [2.05, 4.69) is 10.3 Å². The minimum atomic E-state index is -0.299. The van der Waals surface area contributed by atoms with E-state index in [9.17, 15) is 4.79 Å². The van der Waals surface area contributed by atoms with Gasteiger partial charge in [-0.05, 0) is 42.8 Å². The van der Waals surface area contributed by atoms with Gasteiger partial charge in [0.1, 0.15) is 12.4 Å². The van der Waals surface area contributed by atoms with Crippen LogP contribution in [0.2, 0.25) is 0 Å². The Morgan fingerprint density at radius 2 is 2.00 bits per heavy atom. The highest BCUT2D eigenvalue weighted by molar-refractivity contribution is 7.14. The maximum Gasteiger partial charge on any atom is 0.257 e. The Bertz CT molecular complexity index is 955. The third kappa shape index (κ3) is 4.09. The predicted molar refractivity (Wildman–Crippen MR) is 108 cm³/mol.